The molecule has 2 heterocycles. The van der Waals surface area contributed by atoms with Gasteiger partial charge in [-0.25, -0.2) is 9.78 Å². The number of likely N-dealkylation sites (tertiary alicyclic amines) is 1. The largest absolute Gasteiger partial charge is 0.443 e. The molecule has 1 aromatic rings. The molecule has 1 amide bonds. The van der Waals surface area contributed by atoms with Crippen molar-refractivity contribution in [1.82, 2.24) is 9.88 Å². The maximum absolute atomic E-state index is 12.8. The molecule has 5 nitrogen and oxygen atoms in total. The highest BCUT2D eigenvalue weighted by molar-refractivity contribution is 5.87. The zero-order chi connectivity index (χ0) is 20.7. The number of rotatable bonds is 7. The summed E-state index contributed by atoms with van der Waals surface area (Å²) in [5, 5.41) is 0. The average Bonchev–Trinajstić information content (AvgIpc) is 2.65. The minimum absolute atomic E-state index is 0.0314. The summed E-state index contributed by atoms with van der Waals surface area (Å²) in [7, 11) is 0. The molecule has 0 saturated carbocycles. The lowest BCUT2D eigenvalue weighted by molar-refractivity contribution is 0.0566. The highest BCUT2D eigenvalue weighted by Gasteiger charge is 2.28. The molecule has 1 fully saturated rings. The lowest BCUT2D eigenvalue weighted by Gasteiger charge is -2.36. The second-order valence-corrected chi connectivity index (χ2v) is 8.96. The first kappa shape index (κ1) is 22.7. The molecule has 0 radical (unpaired) electrons. The topological polar surface area (TPSA) is 45.7 Å². The first-order chi connectivity index (χ1) is 13.3. The van der Waals surface area contributed by atoms with Crippen LogP contribution in [0.4, 0.5) is 10.6 Å². The Morgan fingerprint density at radius 2 is 2.07 bits per heavy atom. The number of carbonyl (C=O) groups excluding carboxylic acids is 1. The fourth-order valence-electron chi connectivity index (χ4n) is 3.73. The minimum Gasteiger partial charge on any atom is -0.443 e. The van der Waals surface area contributed by atoms with Gasteiger partial charge >= 0.3 is 6.09 Å². The Kier molecular flexibility index (Phi) is 8.29. The summed E-state index contributed by atoms with van der Waals surface area (Å²) in [5.41, 5.74) is 0.734. The molecular formula is C23H39N3O2. The van der Waals surface area contributed by atoms with E-state index in [-0.39, 0.29) is 12.1 Å². The smallest absolute Gasteiger partial charge is 0.416 e. The summed E-state index contributed by atoms with van der Waals surface area (Å²) in [5.74, 6) is 0.670. The molecule has 158 valence electrons. The normalized spacial score (nSPS) is 19.3. The quantitative estimate of drug-likeness (QED) is 0.578. The average molecular weight is 390 g/mol. The van der Waals surface area contributed by atoms with Gasteiger partial charge in [0.1, 0.15) is 11.4 Å². The van der Waals surface area contributed by atoms with Crippen LogP contribution in [-0.2, 0) is 4.74 Å². The van der Waals surface area contributed by atoms with Crippen LogP contribution in [0.5, 0.6) is 0 Å². The van der Waals surface area contributed by atoms with Crippen LogP contribution in [0.3, 0.4) is 0 Å². The number of nitrogens with zero attached hydrogens (tertiary/aromatic N) is 3. The molecule has 1 saturated heterocycles. The van der Waals surface area contributed by atoms with E-state index in [0.29, 0.717) is 11.9 Å². The first-order valence-corrected chi connectivity index (χ1v) is 11.0. The Bertz CT molecular complexity index is 609. The molecule has 2 unspecified atom stereocenters. The van der Waals surface area contributed by atoms with Crippen LogP contribution >= 0.6 is 0 Å². The second kappa shape index (κ2) is 10.2. The Hall–Kier alpha value is -1.62. The summed E-state index contributed by atoms with van der Waals surface area (Å²) >= 11 is 0. The van der Waals surface area contributed by atoms with Crippen molar-refractivity contribution in [3.8, 4) is 0 Å². The van der Waals surface area contributed by atoms with Gasteiger partial charge in [-0.05, 0) is 78.1 Å². The van der Waals surface area contributed by atoms with E-state index in [9.17, 15) is 4.79 Å². The summed E-state index contributed by atoms with van der Waals surface area (Å²) in [6.45, 7) is 14.4. The molecule has 1 aliphatic heterocycles. The summed E-state index contributed by atoms with van der Waals surface area (Å²) in [4.78, 5) is 21.7. The van der Waals surface area contributed by atoms with Crippen molar-refractivity contribution in [3.05, 3.63) is 23.9 Å². The van der Waals surface area contributed by atoms with Crippen LogP contribution in [0.1, 0.15) is 91.7 Å². The fraction of sp³-hybridized carbons (Fsp3) is 0.739. The molecule has 5 heteroatoms. The number of aromatic nitrogens is 1. The monoisotopic (exact) mass is 389 g/mol. The van der Waals surface area contributed by atoms with Gasteiger partial charge < -0.3 is 4.74 Å². The van der Waals surface area contributed by atoms with E-state index >= 15 is 0 Å². The summed E-state index contributed by atoms with van der Waals surface area (Å²) in [6, 6.07) is 4.61. The fourth-order valence-corrected chi connectivity index (χ4v) is 3.73. The molecule has 0 spiro atoms. The Balaban J connectivity index is 2.20. The van der Waals surface area contributed by atoms with Gasteiger partial charge in [0.2, 0.25) is 0 Å². The van der Waals surface area contributed by atoms with Crippen LogP contribution in [0.25, 0.3) is 0 Å². The van der Waals surface area contributed by atoms with E-state index in [4.69, 9.17) is 4.74 Å². The molecule has 1 aromatic heterocycles. The number of hydrogen-bond acceptors (Lipinski definition) is 4. The van der Waals surface area contributed by atoms with E-state index in [0.717, 1.165) is 13.0 Å². The van der Waals surface area contributed by atoms with E-state index in [1.54, 1.807) is 4.90 Å². The second-order valence-electron chi connectivity index (χ2n) is 8.96. The Morgan fingerprint density at radius 1 is 1.32 bits per heavy atom. The van der Waals surface area contributed by atoms with Crippen molar-refractivity contribution in [2.75, 3.05) is 18.0 Å². The third-order valence-corrected chi connectivity index (χ3v) is 5.44. The number of piperidine rings is 1. The lowest BCUT2D eigenvalue weighted by atomic mass is 9.96. The van der Waals surface area contributed by atoms with Gasteiger partial charge in [0, 0.05) is 18.3 Å². The van der Waals surface area contributed by atoms with Crippen molar-refractivity contribution in [2.24, 2.45) is 0 Å². The van der Waals surface area contributed by atoms with E-state index in [1.165, 1.54) is 44.2 Å². The van der Waals surface area contributed by atoms with Gasteiger partial charge in [0.25, 0.3) is 0 Å². The maximum Gasteiger partial charge on any atom is 0.416 e. The predicted molar refractivity (Wildman–Crippen MR) is 116 cm³/mol. The van der Waals surface area contributed by atoms with E-state index in [2.05, 4.69) is 29.8 Å². The summed E-state index contributed by atoms with van der Waals surface area (Å²) in [6.07, 6.45) is 8.68. The van der Waals surface area contributed by atoms with Crippen LogP contribution in [0, 0.1) is 0 Å². The van der Waals surface area contributed by atoms with Gasteiger partial charge in [0.15, 0.2) is 0 Å². The SMILES string of the molecule is CCCCN1CCCCC1c1ccc(N(C(=O)OC(C)(C)C)C(C)CC)nc1. The van der Waals surface area contributed by atoms with Crippen LogP contribution < -0.4 is 4.90 Å². The molecule has 28 heavy (non-hydrogen) atoms. The van der Waals surface area contributed by atoms with Gasteiger partial charge in [-0.3, -0.25) is 9.80 Å². The molecule has 2 rings (SSSR count). The van der Waals surface area contributed by atoms with Crippen molar-refractivity contribution in [2.45, 2.75) is 97.8 Å². The van der Waals surface area contributed by atoms with Crippen LogP contribution in [0.15, 0.2) is 18.3 Å². The molecule has 0 bridgehead atoms. The molecule has 2 atom stereocenters. The molecule has 1 aliphatic rings. The van der Waals surface area contributed by atoms with Crippen molar-refractivity contribution < 1.29 is 9.53 Å². The number of unbranched alkanes of at least 4 members (excludes halogenated alkanes) is 1. The van der Waals surface area contributed by atoms with Crippen molar-refractivity contribution >= 4 is 11.9 Å². The first-order valence-electron chi connectivity index (χ1n) is 11.0. The number of amides is 1. The highest BCUT2D eigenvalue weighted by atomic mass is 16.6. The number of anilines is 1. The van der Waals surface area contributed by atoms with E-state index < -0.39 is 5.60 Å². The standard InChI is InChI=1S/C23H39N3O2/c1-7-9-15-25-16-11-10-12-20(25)19-13-14-21(24-17-19)26(18(3)8-2)22(27)28-23(4,5)6/h13-14,17-18,20H,7-12,15-16H2,1-6H3. The van der Waals surface area contributed by atoms with Gasteiger partial charge in [0.05, 0.1) is 0 Å². The zero-order valence-electron chi connectivity index (χ0n) is 18.7. The third-order valence-electron chi connectivity index (χ3n) is 5.44. The number of carbonyl (C=O) groups is 1. The molecule has 0 aromatic carbocycles. The zero-order valence-corrected chi connectivity index (χ0v) is 18.7. The predicted octanol–water partition coefficient (Wildman–Crippen LogP) is 5.95. The van der Waals surface area contributed by atoms with Gasteiger partial charge in [-0.15, -0.1) is 0 Å². The molecule has 0 N–H and O–H groups in total. The number of hydrogen-bond donors (Lipinski definition) is 0. The maximum atomic E-state index is 12.8. The van der Waals surface area contributed by atoms with E-state index in [1.807, 2.05) is 40.0 Å². The van der Waals surface area contributed by atoms with Crippen molar-refractivity contribution in [1.29, 1.82) is 0 Å². The summed E-state index contributed by atoms with van der Waals surface area (Å²) < 4.78 is 5.62. The third kappa shape index (κ3) is 6.20. The lowest BCUT2D eigenvalue weighted by Crippen LogP contribution is -2.42. The van der Waals surface area contributed by atoms with Crippen LogP contribution in [-0.4, -0.2) is 40.7 Å². The minimum atomic E-state index is -0.523. The molecular weight excluding hydrogens is 350 g/mol. The van der Waals surface area contributed by atoms with Crippen molar-refractivity contribution in [3.63, 3.8) is 0 Å². The number of pyridine rings is 1. The van der Waals surface area contributed by atoms with Crippen LogP contribution in [0.2, 0.25) is 0 Å². The number of ether oxygens (including phenoxy) is 1. The highest BCUT2D eigenvalue weighted by Crippen LogP contribution is 2.32. The Morgan fingerprint density at radius 3 is 2.64 bits per heavy atom. The van der Waals surface area contributed by atoms with Gasteiger partial charge in [-0.2, -0.15) is 0 Å². The van der Waals surface area contributed by atoms with Gasteiger partial charge in [-0.1, -0.05) is 32.8 Å². The Labute approximate surface area is 171 Å². The molecule has 0 aliphatic carbocycles.